The molecule has 0 saturated carbocycles. The fourth-order valence-electron chi connectivity index (χ4n) is 2.13. The number of rotatable bonds is 4. The third kappa shape index (κ3) is 3.10. The van der Waals surface area contributed by atoms with Gasteiger partial charge >= 0.3 is 5.97 Å². The number of carbonyl (C=O) groups is 2. The minimum atomic E-state index is -1.06. The van der Waals surface area contributed by atoms with E-state index < -0.39 is 17.9 Å². The van der Waals surface area contributed by atoms with E-state index in [2.05, 4.69) is 21.2 Å². The summed E-state index contributed by atoms with van der Waals surface area (Å²) in [5, 5.41) is 12.5. The Bertz CT molecular complexity index is 705. The lowest BCUT2D eigenvalue weighted by atomic mass is 10.0. The van der Waals surface area contributed by atoms with E-state index >= 15 is 0 Å². The van der Waals surface area contributed by atoms with Gasteiger partial charge in [0.2, 0.25) is 0 Å². The highest BCUT2D eigenvalue weighted by atomic mass is 79.9. The van der Waals surface area contributed by atoms with Gasteiger partial charge in [-0.25, -0.2) is 4.79 Å². The summed E-state index contributed by atoms with van der Waals surface area (Å²) in [6.07, 6.45) is 0. The molecule has 2 aromatic rings. The molecule has 0 aliphatic heterocycles. The molecule has 2 N–H and O–H groups in total. The standard InChI is InChI=1S/C15H16BrNO4/c1-7(2)12(15(19)20)17-14(18)13-8(3)10-6-9(16)4-5-11(10)21-13/h4-7,12H,1-3H3,(H,17,18)(H,19,20)/t12-/m0/s1. The predicted octanol–water partition coefficient (Wildman–Crippen LogP) is 3.34. The second-order valence-electron chi connectivity index (χ2n) is 5.23. The van der Waals surface area contributed by atoms with Crippen LogP contribution in [0.5, 0.6) is 0 Å². The smallest absolute Gasteiger partial charge is 0.326 e. The lowest BCUT2D eigenvalue weighted by Gasteiger charge is -2.17. The van der Waals surface area contributed by atoms with Crippen LogP contribution in [0.1, 0.15) is 30.0 Å². The Morgan fingerprint density at radius 3 is 2.57 bits per heavy atom. The average Bonchev–Trinajstić information content (AvgIpc) is 2.72. The van der Waals surface area contributed by atoms with Gasteiger partial charge in [0, 0.05) is 15.4 Å². The number of carboxylic acid groups (broad SMARTS) is 1. The number of carbonyl (C=O) groups excluding carboxylic acids is 1. The van der Waals surface area contributed by atoms with Crippen LogP contribution >= 0.6 is 15.9 Å². The quantitative estimate of drug-likeness (QED) is 0.883. The Labute approximate surface area is 130 Å². The van der Waals surface area contributed by atoms with Gasteiger partial charge in [0.05, 0.1) is 0 Å². The molecule has 1 heterocycles. The van der Waals surface area contributed by atoms with Crippen molar-refractivity contribution in [2.75, 3.05) is 0 Å². The van der Waals surface area contributed by atoms with Crippen molar-refractivity contribution in [2.45, 2.75) is 26.8 Å². The van der Waals surface area contributed by atoms with Gasteiger partial charge in [-0.1, -0.05) is 29.8 Å². The number of hydrogen-bond acceptors (Lipinski definition) is 3. The summed E-state index contributed by atoms with van der Waals surface area (Å²) in [5.41, 5.74) is 1.29. The molecule has 1 aromatic heterocycles. The summed E-state index contributed by atoms with van der Waals surface area (Å²) >= 11 is 3.37. The number of nitrogens with one attached hydrogen (secondary N) is 1. The maximum Gasteiger partial charge on any atom is 0.326 e. The first kappa shape index (κ1) is 15.6. The SMILES string of the molecule is Cc1c(C(=O)N[C@H](C(=O)O)C(C)C)oc2ccc(Br)cc12. The molecule has 5 nitrogen and oxygen atoms in total. The van der Waals surface area contributed by atoms with E-state index in [9.17, 15) is 9.59 Å². The van der Waals surface area contributed by atoms with Gasteiger partial charge in [-0.2, -0.15) is 0 Å². The molecule has 0 spiro atoms. The van der Waals surface area contributed by atoms with E-state index in [1.165, 1.54) is 0 Å². The summed E-state index contributed by atoms with van der Waals surface area (Å²) in [6, 6.07) is 4.50. The summed E-state index contributed by atoms with van der Waals surface area (Å²) in [6.45, 7) is 5.25. The van der Waals surface area contributed by atoms with Gasteiger partial charge in [-0.15, -0.1) is 0 Å². The highest BCUT2D eigenvalue weighted by Crippen LogP contribution is 2.28. The van der Waals surface area contributed by atoms with Crippen LogP contribution < -0.4 is 5.32 Å². The van der Waals surface area contributed by atoms with Crippen LogP contribution in [0.4, 0.5) is 0 Å². The molecule has 0 aliphatic rings. The summed E-state index contributed by atoms with van der Waals surface area (Å²) in [7, 11) is 0. The monoisotopic (exact) mass is 353 g/mol. The number of halogens is 1. The van der Waals surface area contributed by atoms with Crippen molar-refractivity contribution < 1.29 is 19.1 Å². The zero-order valence-corrected chi connectivity index (χ0v) is 13.5. The molecular weight excluding hydrogens is 338 g/mol. The number of amides is 1. The number of fused-ring (bicyclic) bond motifs is 1. The first-order valence-corrected chi connectivity index (χ1v) is 7.33. The second-order valence-corrected chi connectivity index (χ2v) is 6.15. The van der Waals surface area contributed by atoms with E-state index in [1.807, 2.05) is 12.1 Å². The molecule has 0 aliphatic carbocycles. The van der Waals surface area contributed by atoms with Crippen LogP contribution in [0, 0.1) is 12.8 Å². The summed E-state index contributed by atoms with van der Waals surface area (Å²) < 4.78 is 6.44. The van der Waals surface area contributed by atoms with E-state index in [1.54, 1.807) is 26.8 Å². The highest BCUT2D eigenvalue weighted by molar-refractivity contribution is 9.10. The maximum atomic E-state index is 12.3. The normalized spacial score (nSPS) is 12.6. The number of furan rings is 1. The average molecular weight is 354 g/mol. The maximum absolute atomic E-state index is 12.3. The van der Waals surface area contributed by atoms with E-state index in [0.717, 1.165) is 9.86 Å². The Balaban J connectivity index is 2.35. The van der Waals surface area contributed by atoms with Gasteiger partial charge in [0.1, 0.15) is 11.6 Å². The van der Waals surface area contributed by atoms with Crippen molar-refractivity contribution >= 4 is 38.8 Å². The molecule has 1 amide bonds. The van der Waals surface area contributed by atoms with Crippen molar-refractivity contribution in [3.05, 3.63) is 34.0 Å². The third-order valence-electron chi connectivity index (χ3n) is 3.32. The Hall–Kier alpha value is -1.82. The van der Waals surface area contributed by atoms with Gasteiger partial charge in [0.15, 0.2) is 5.76 Å². The number of aliphatic carboxylic acids is 1. The lowest BCUT2D eigenvalue weighted by Crippen LogP contribution is -2.44. The van der Waals surface area contributed by atoms with Crippen LogP contribution in [0.2, 0.25) is 0 Å². The second kappa shape index (κ2) is 5.89. The molecule has 0 bridgehead atoms. The van der Waals surface area contributed by atoms with Gasteiger partial charge in [-0.05, 0) is 31.0 Å². The van der Waals surface area contributed by atoms with Gasteiger partial charge < -0.3 is 14.8 Å². The van der Waals surface area contributed by atoms with E-state index in [-0.39, 0.29) is 11.7 Å². The fourth-order valence-corrected chi connectivity index (χ4v) is 2.49. The molecule has 0 saturated heterocycles. The van der Waals surface area contributed by atoms with Crippen LogP contribution in [0.15, 0.2) is 27.1 Å². The minimum Gasteiger partial charge on any atom is -0.480 e. The Morgan fingerprint density at radius 1 is 1.33 bits per heavy atom. The molecule has 0 fully saturated rings. The van der Waals surface area contributed by atoms with Gasteiger partial charge in [0.25, 0.3) is 5.91 Å². The molecule has 1 atom stereocenters. The van der Waals surface area contributed by atoms with Crippen LogP contribution in [-0.2, 0) is 4.79 Å². The number of hydrogen-bond donors (Lipinski definition) is 2. The Kier molecular flexibility index (Phi) is 4.37. The van der Waals surface area contributed by atoms with Crippen molar-refractivity contribution in [1.29, 1.82) is 0 Å². The van der Waals surface area contributed by atoms with Gasteiger partial charge in [-0.3, -0.25) is 4.79 Å². The highest BCUT2D eigenvalue weighted by Gasteiger charge is 2.26. The molecule has 6 heteroatoms. The molecule has 0 radical (unpaired) electrons. The van der Waals surface area contributed by atoms with E-state index in [4.69, 9.17) is 9.52 Å². The molecular formula is C15H16BrNO4. The van der Waals surface area contributed by atoms with Crippen molar-refractivity contribution in [2.24, 2.45) is 5.92 Å². The zero-order valence-electron chi connectivity index (χ0n) is 11.9. The first-order chi connectivity index (χ1) is 9.81. The van der Waals surface area contributed by atoms with Crippen molar-refractivity contribution in [1.82, 2.24) is 5.32 Å². The van der Waals surface area contributed by atoms with Crippen molar-refractivity contribution in [3.63, 3.8) is 0 Å². The number of carboxylic acids is 1. The number of benzene rings is 1. The van der Waals surface area contributed by atoms with Crippen molar-refractivity contribution in [3.8, 4) is 0 Å². The van der Waals surface area contributed by atoms with Crippen LogP contribution in [-0.4, -0.2) is 23.0 Å². The summed E-state index contributed by atoms with van der Waals surface area (Å²) in [5.74, 6) is -1.64. The fraction of sp³-hybridized carbons (Fsp3) is 0.333. The number of aryl methyl sites for hydroxylation is 1. The zero-order chi connectivity index (χ0) is 15.7. The minimum absolute atomic E-state index is 0.148. The molecule has 112 valence electrons. The largest absolute Gasteiger partial charge is 0.480 e. The first-order valence-electron chi connectivity index (χ1n) is 6.53. The molecule has 1 aromatic carbocycles. The molecule has 2 rings (SSSR count). The Morgan fingerprint density at radius 2 is 2.00 bits per heavy atom. The van der Waals surface area contributed by atoms with Crippen LogP contribution in [0.3, 0.4) is 0 Å². The molecule has 0 unspecified atom stereocenters. The topological polar surface area (TPSA) is 79.5 Å². The van der Waals surface area contributed by atoms with E-state index in [0.29, 0.717) is 11.1 Å². The van der Waals surface area contributed by atoms with Crippen LogP contribution in [0.25, 0.3) is 11.0 Å². The summed E-state index contributed by atoms with van der Waals surface area (Å²) in [4.78, 5) is 23.4. The molecule has 21 heavy (non-hydrogen) atoms. The third-order valence-corrected chi connectivity index (χ3v) is 3.82. The predicted molar refractivity (Wildman–Crippen MR) is 82.4 cm³/mol. The lowest BCUT2D eigenvalue weighted by molar-refractivity contribution is -0.140.